The third kappa shape index (κ3) is 3.85. The number of benzene rings is 2. The van der Waals surface area contributed by atoms with Crippen LogP contribution in [0.5, 0.6) is 0 Å². The summed E-state index contributed by atoms with van der Waals surface area (Å²) in [5, 5.41) is 3.44. The third-order valence-corrected chi connectivity index (χ3v) is 5.29. The summed E-state index contributed by atoms with van der Waals surface area (Å²) in [6.45, 7) is 3.89. The first-order valence-electron chi connectivity index (χ1n) is 9.17. The molecule has 1 amide bonds. The third-order valence-electron chi connectivity index (χ3n) is 5.29. The molecule has 4 nitrogen and oxygen atoms in total. The van der Waals surface area contributed by atoms with Crippen LogP contribution >= 0.6 is 0 Å². The molecule has 130 valence electrons. The van der Waals surface area contributed by atoms with E-state index < -0.39 is 0 Å². The van der Waals surface area contributed by atoms with Gasteiger partial charge in [-0.15, -0.1) is 0 Å². The predicted octanol–water partition coefficient (Wildman–Crippen LogP) is 2.48. The Labute approximate surface area is 149 Å². The van der Waals surface area contributed by atoms with E-state index in [-0.39, 0.29) is 5.91 Å². The molecule has 1 saturated heterocycles. The average molecular weight is 335 g/mol. The molecule has 4 heteroatoms. The Morgan fingerprint density at radius 3 is 2.24 bits per heavy atom. The zero-order valence-electron chi connectivity index (χ0n) is 14.5. The molecule has 2 aromatic rings. The highest BCUT2D eigenvalue weighted by atomic mass is 16.2. The zero-order chi connectivity index (χ0) is 17.1. The Hall–Kier alpha value is -2.33. The highest BCUT2D eigenvalue weighted by molar-refractivity contribution is 5.78. The Balaban J connectivity index is 1.21. The van der Waals surface area contributed by atoms with Crippen molar-refractivity contribution in [2.24, 2.45) is 0 Å². The topological polar surface area (TPSA) is 35.6 Å². The van der Waals surface area contributed by atoms with Gasteiger partial charge in [0.05, 0.1) is 6.54 Å². The quantitative estimate of drug-likeness (QED) is 0.912. The van der Waals surface area contributed by atoms with E-state index in [2.05, 4.69) is 58.7 Å². The molecular weight excluding hydrogens is 310 g/mol. The molecule has 2 aromatic carbocycles. The van der Waals surface area contributed by atoms with E-state index in [1.807, 2.05) is 17.0 Å². The minimum atomic E-state index is 0.228. The minimum absolute atomic E-state index is 0.228. The number of hydrogen-bond donors (Lipinski definition) is 1. The van der Waals surface area contributed by atoms with E-state index in [1.165, 1.54) is 11.3 Å². The lowest BCUT2D eigenvalue weighted by Gasteiger charge is -2.36. The Kier molecular flexibility index (Phi) is 4.70. The first-order valence-corrected chi connectivity index (χ1v) is 9.17. The summed E-state index contributed by atoms with van der Waals surface area (Å²) in [4.78, 5) is 16.8. The highest BCUT2D eigenvalue weighted by Gasteiger charge is 2.38. The molecule has 2 aliphatic rings. The molecule has 0 aromatic heterocycles. The van der Waals surface area contributed by atoms with Gasteiger partial charge in [-0.3, -0.25) is 4.79 Å². The van der Waals surface area contributed by atoms with Crippen molar-refractivity contribution >= 4 is 11.6 Å². The van der Waals surface area contributed by atoms with Crippen molar-refractivity contribution in [2.45, 2.75) is 18.4 Å². The fourth-order valence-corrected chi connectivity index (χ4v) is 3.67. The molecule has 1 aliphatic heterocycles. The van der Waals surface area contributed by atoms with Crippen molar-refractivity contribution < 1.29 is 4.79 Å². The molecular formula is C21H25N3O. The van der Waals surface area contributed by atoms with Gasteiger partial charge in [0.15, 0.2) is 0 Å². The first-order chi connectivity index (χ1) is 12.3. The maximum Gasteiger partial charge on any atom is 0.236 e. The molecule has 1 aliphatic carbocycles. The largest absolute Gasteiger partial charge is 0.368 e. The van der Waals surface area contributed by atoms with E-state index in [9.17, 15) is 4.79 Å². The summed E-state index contributed by atoms with van der Waals surface area (Å²) in [5.74, 6) is 0.801. The second-order valence-corrected chi connectivity index (χ2v) is 6.94. The average Bonchev–Trinajstić information content (AvgIpc) is 3.47. The van der Waals surface area contributed by atoms with E-state index in [0.717, 1.165) is 32.6 Å². The molecule has 0 spiro atoms. The van der Waals surface area contributed by atoms with Gasteiger partial charge in [-0.05, 0) is 24.1 Å². The van der Waals surface area contributed by atoms with E-state index in [0.29, 0.717) is 18.5 Å². The van der Waals surface area contributed by atoms with Crippen LogP contribution in [0, 0.1) is 0 Å². The van der Waals surface area contributed by atoms with Crippen LogP contribution in [0.4, 0.5) is 5.69 Å². The van der Waals surface area contributed by atoms with E-state index in [4.69, 9.17) is 0 Å². The molecule has 0 radical (unpaired) electrons. The van der Waals surface area contributed by atoms with E-state index in [1.54, 1.807) is 0 Å². The van der Waals surface area contributed by atoms with Gasteiger partial charge in [0.1, 0.15) is 0 Å². The molecule has 2 fully saturated rings. The fourth-order valence-electron chi connectivity index (χ4n) is 3.67. The highest BCUT2D eigenvalue weighted by Crippen LogP contribution is 2.40. The maximum absolute atomic E-state index is 12.5. The lowest BCUT2D eigenvalue weighted by Crippen LogP contribution is -2.51. The van der Waals surface area contributed by atoms with Crippen molar-refractivity contribution in [3.8, 4) is 0 Å². The lowest BCUT2D eigenvalue weighted by atomic mass is 10.1. The number of carbonyl (C=O) groups excluding carboxylic acids is 1. The normalized spacial score (nSPS) is 22.7. The molecule has 1 saturated carbocycles. The van der Waals surface area contributed by atoms with Gasteiger partial charge in [0, 0.05) is 43.8 Å². The SMILES string of the molecule is O=C(CN[C@H]1CC1c1ccccc1)N1CCN(c2ccccc2)CC1. The predicted molar refractivity (Wildman–Crippen MR) is 101 cm³/mol. The summed E-state index contributed by atoms with van der Waals surface area (Å²) in [7, 11) is 0. The van der Waals surface area contributed by atoms with Gasteiger partial charge in [-0.2, -0.15) is 0 Å². The van der Waals surface area contributed by atoms with Gasteiger partial charge in [0.25, 0.3) is 0 Å². The minimum Gasteiger partial charge on any atom is -0.368 e. The number of carbonyl (C=O) groups is 1. The molecule has 25 heavy (non-hydrogen) atoms. The van der Waals surface area contributed by atoms with Gasteiger partial charge in [0.2, 0.25) is 5.91 Å². The van der Waals surface area contributed by atoms with Crippen LogP contribution in [0.1, 0.15) is 17.9 Å². The molecule has 1 N–H and O–H groups in total. The maximum atomic E-state index is 12.5. The van der Waals surface area contributed by atoms with Crippen molar-refractivity contribution in [2.75, 3.05) is 37.6 Å². The Morgan fingerprint density at radius 2 is 1.56 bits per heavy atom. The van der Waals surface area contributed by atoms with Crippen LogP contribution in [0.3, 0.4) is 0 Å². The monoisotopic (exact) mass is 335 g/mol. The van der Waals surface area contributed by atoms with Gasteiger partial charge >= 0.3 is 0 Å². The van der Waals surface area contributed by atoms with Crippen LogP contribution in [0.15, 0.2) is 60.7 Å². The lowest BCUT2D eigenvalue weighted by molar-refractivity contribution is -0.130. The Bertz CT molecular complexity index is 696. The van der Waals surface area contributed by atoms with Gasteiger partial charge in [-0.1, -0.05) is 48.5 Å². The standard InChI is InChI=1S/C21H25N3O/c25-21(16-22-20-15-19(20)17-7-3-1-4-8-17)24-13-11-23(12-14-24)18-9-5-2-6-10-18/h1-10,19-20,22H,11-16H2/t19?,20-/m0/s1. The van der Waals surface area contributed by atoms with Crippen LogP contribution in [-0.4, -0.2) is 49.6 Å². The molecule has 4 rings (SSSR count). The van der Waals surface area contributed by atoms with E-state index >= 15 is 0 Å². The summed E-state index contributed by atoms with van der Waals surface area (Å²) >= 11 is 0. The molecule has 1 heterocycles. The van der Waals surface area contributed by atoms with Crippen molar-refractivity contribution in [3.05, 3.63) is 66.2 Å². The zero-order valence-corrected chi connectivity index (χ0v) is 14.5. The summed E-state index contributed by atoms with van der Waals surface area (Å²) in [6.07, 6.45) is 1.14. The number of para-hydroxylation sites is 1. The second kappa shape index (κ2) is 7.28. The summed E-state index contributed by atoms with van der Waals surface area (Å²) in [6, 6.07) is 21.5. The number of rotatable bonds is 5. The second-order valence-electron chi connectivity index (χ2n) is 6.94. The number of hydrogen-bond acceptors (Lipinski definition) is 3. The van der Waals surface area contributed by atoms with Crippen molar-refractivity contribution in [1.29, 1.82) is 0 Å². The van der Waals surface area contributed by atoms with Gasteiger partial charge in [-0.25, -0.2) is 0 Å². The number of anilines is 1. The summed E-state index contributed by atoms with van der Waals surface area (Å²) in [5.41, 5.74) is 2.63. The van der Waals surface area contributed by atoms with Gasteiger partial charge < -0.3 is 15.1 Å². The van der Waals surface area contributed by atoms with Crippen molar-refractivity contribution in [1.82, 2.24) is 10.2 Å². The smallest absolute Gasteiger partial charge is 0.236 e. The van der Waals surface area contributed by atoms with Crippen LogP contribution in [-0.2, 0) is 4.79 Å². The molecule has 0 bridgehead atoms. The number of nitrogens with one attached hydrogen (secondary N) is 1. The molecule has 2 atom stereocenters. The number of amides is 1. The first kappa shape index (κ1) is 16.2. The number of nitrogens with zero attached hydrogens (tertiary/aromatic N) is 2. The summed E-state index contributed by atoms with van der Waals surface area (Å²) < 4.78 is 0. The van der Waals surface area contributed by atoms with Crippen LogP contribution < -0.4 is 10.2 Å². The van der Waals surface area contributed by atoms with Crippen LogP contribution in [0.2, 0.25) is 0 Å². The Morgan fingerprint density at radius 1 is 0.920 bits per heavy atom. The molecule has 1 unspecified atom stereocenters. The van der Waals surface area contributed by atoms with Crippen molar-refractivity contribution in [3.63, 3.8) is 0 Å². The number of piperazine rings is 1. The van der Waals surface area contributed by atoms with Crippen LogP contribution in [0.25, 0.3) is 0 Å². The fraction of sp³-hybridized carbons (Fsp3) is 0.381.